The van der Waals surface area contributed by atoms with E-state index in [1.54, 1.807) is 12.3 Å². The molecule has 2 heterocycles. The van der Waals surface area contributed by atoms with Gasteiger partial charge in [0.05, 0.1) is 18.5 Å². The number of rotatable bonds is 5. The maximum atomic E-state index is 11.7. The number of nitrogens with one attached hydrogen (secondary N) is 1. The second kappa shape index (κ2) is 10.6. The third-order valence-electron chi connectivity index (χ3n) is 3.40. The van der Waals surface area contributed by atoms with E-state index >= 15 is 0 Å². The second-order valence-corrected chi connectivity index (χ2v) is 5.00. The maximum Gasteiger partial charge on any atom is 0.244 e. The smallest absolute Gasteiger partial charge is 0.244 e. The van der Waals surface area contributed by atoms with Crippen LogP contribution in [0.5, 0.6) is 0 Å². The Morgan fingerprint density at radius 1 is 1.36 bits per heavy atom. The zero-order chi connectivity index (χ0) is 14.4. The Hall–Kier alpha value is -1.08. The lowest BCUT2D eigenvalue weighted by molar-refractivity contribution is -0.118. The Morgan fingerprint density at radius 3 is 2.59 bits per heavy atom. The summed E-state index contributed by atoms with van der Waals surface area (Å²) < 4.78 is 4.85. The first-order valence-corrected chi connectivity index (χ1v) is 6.97. The van der Waals surface area contributed by atoms with Crippen molar-refractivity contribution >= 4 is 42.2 Å². The fraction of sp³-hybridized carbons (Fsp3) is 0.571. The Labute approximate surface area is 143 Å². The van der Waals surface area contributed by atoms with Crippen LogP contribution in [0.2, 0.25) is 0 Å². The predicted octanol–water partition coefficient (Wildman–Crippen LogP) is 1.83. The van der Waals surface area contributed by atoms with Crippen molar-refractivity contribution in [3.05, 3.63) is 18.3 Å². The average molecular weight is 351 g/mol. The molecule has 6 nitrogen and oxygen atoms in total. The van der Waals surface area contributed by atoms with Crippen LogP contribution in [0.1, 0.15) is 19.3 Å². The quantitative estimate of drug-likeness (QED) is 0.846. The standard InChI is InChI=1S/C14H22N4O2.2ClH/c1-20-10-12(15)14(19)17-13-6-5-11(9-16-13)18-7-3-2-4-8-18;;/h5-6,9,12H,2-4,7-8,10,15H2,1H3,(H,16,17,19);2*1H. The minimum absolute atomic E-state index is 0. The van der Waals surface area contributed by atoms with Gasteiger partial charge >= 0.3 is 0 Å². The van der Waals surface area contributed by atoms with Gasteiger partial charge in [0, 0.05) is 20.2 Å². The lowest BCUT2D eigenvalue weighted by Crippen LogP contribution is -2.39. The first kappa shape index (κ1) is 20.9. The molecule has 1 aromatic heterocycles. The highest BCUT2D eigenvalue weighted by atomic mass is 35.5. The Bertz CT molecular complexity index is 439. The van der Waals surface area contributed by atoms with Crippen molar-refractivity contribution < 1.29 is 9.53 Å². The van der Waals surface area contributed by atoms with Gasteiger partial charge in [-0.3, -0.25) is 4.79 Å². The summed E-state index contributed by atoms with van der Waals surface area (Å²) in [7, 11) is 1.51. The lowest BCUT2D eigenvalue weighted by atomic mass is 10.1. The van der Waals surface area contributed by atoms with E-state index < -0.39 is 6.04 Å². The number of hydrogen-bond donors (Lipinski definition) is 2. The molecule has 1 atom stereocenters. The van der Waals surface area contributed by atoms with Crippen LogP contribution in [-0.2, 0) is 9.53 Å². The van der Waals surface area contributed by atoms with Crippen molar-refractivity contribution in [1.29, 1.82) is 0 Å². The van der Waals surface area contributed by atoms with E-state index in [2.05, 4.69) is 15.2 Å². The topological polar surface area (TPSA) is 80.5 Å². The van der Waals surface area contributed by atoms with Crippen LogP contribution in [0.3, 0.4) is 0 Å². The molecule has 0 radical (unpaired) electrons. The van der Waals surface area contributed by atoms with Crippen LogP contribution in [0, 0.1) is 0 Å². The number of hydrogen-bond acceptors (Lipinski definition) is 5. The van der Waals surface area contributed by atoms with Gasteiger partial charge in [-0.15, -0.1) is 24.8 Å². The van der Waals surface area contributed by atoms with Crippen LogP contribution in [0.25, 0.3) is 0 Å². The van der Waals surface area contributed by atoms with Gasteiger partial charge < -0.3 is 20.7 Å². The van der Waals surface area contributed by atoms with Gasteiger partial charge in [-0.2, -0.15) is 0 Å². The number of methoxy groups -OCH3 is 1. The number of anilines is 2. The number of amides is 1. The SMILES string of the molecule is COCC(N)C(=O)Nc1ccc(N2CCCCC2)cn1.Cl.Cl. The number of nitrogens with zero attached hydrogens (tertiary/aromatic N) is 2. The molecule has 2 rings (SSSR count). The van der Waals surface area contributed by atoms with Crippen molar-refractivity contribution in [3.8, 4) is 0 Å². The number of halogens is 2. The second-order valence-electron chi connectivity index (χ2n) is 5.00. The Morgan fingerprint density at radius 2 is 2.05 bits per heavy atom. The third kappa shape index (κ3) is 5.96. The van der Waals surface area contributed by atoms with E-state index in [1.807, 2.05) is 6.07 Å². The molecule has 1 saturated heterocycles. The molecule has 22 heavy (non-hydrogen) atoms. The highest BCUT2D eigenvalue weighted by molar-refractivity contribution is 5.94. The Balaban J connectivity index is 0.00000220. The summed E-state index contributed by atoms with van der Waals surface area (Å²) in [6, 6.07) is 3.11. The van der Waals surface area contributed by atoms with Gasteiger partial charge in [-0.25, -0.2) is 4.98 Å². The summed E-state index contributed by atoms with van der Waals surface area (Å²) in [6.45, 7) is 2.34. The molecule has 126 valence electrons. The van der Waals surface area contributed by atoms with Gasteiger partial charge in [0.15, 0.2) is 0 Å². The van der Waals surface area contributed by atoms with Crippen molar-refractivity contribution in [2.45, 2.75) is 25.3 Å². The van der Waals surface area contributed by atoms with Gasteiger partial charge in [0.2, 0.25) is 5.91 Å². The van der Waals surface area contributed by atoms with Crippen LogP contribution in [-0.4, -0.2) is 43.7 Å². The van der Waals surface area contributed by atoms with E-state index in [-0.39, 0.29) is 37.3 Å². The fourth-order valence-corrected chi connectivity index (χ4v) is 2.27. The van der Waals surface area contributed by atoms with Gasteiger partial charge in [0.25, 0.3) is 0 Å². The van der Waals surface area contributed by atoms with Crippen LogP contribution < -0.4 is 16.0 Å². The fourth-order valence-electron chi connectivity index (χ4n) is 2.27. The molecule has 0 spiro atoms. The zero-order valence-electron chi connectivity index (χ0n) is 12.7. The van der Waals surface area contributed by atoms with Gasteiger partial charge in [-0.1, -0.05) is 0 Å². The normalized spacial score (nSPS) is 15.3. The number of carbonyl (C=O) groups is 1. The minimum atomic E-state index is -0.677. The molecular formula is C14H24Cl2N4O2. The molecule has 1 fully saturated rings. The van der Waals surface area contributed by atoms with E-state index in [4.69, 9.17) is 10.5 Å². The monoisotopic (exact) mass is 350 g/mol. The number of pyridine rings is 1. The van der Waals surface area contributed by atoms with E-state index in [9.17, 15) is 4.79 Å². The molecule has 1 aliphatic heterocycles. The molecule has 0 bridgehead atoms. The number of piperidine rings is 1. The summed E-state index contributed by atoms with van der Waals surface area (Å²) in [4.78, 5) is 18.3. The molecule has 0 saturated carbocycles. The average Bonchev–Trinajstić information content (AvgIpc) is 2.49. The van der Waals surface area contributed by atoms with Crippen molar-refractivity contribution in [3.63, 3.8) is 0 Å². The minimum Gasteiger partial charge on any atom is -0.383 e. The highest BCUT2D eigenvalue weighted by Crippen LogP contribution is 2.19. The first-order valence-electron chi connectivity index (χ1n) is 6.97. The highest BCUT2D eigenvalue weighted by Gasteiger charge is 2.14. The molecule has 0 aliphatic carbocycles. The third-order valence-corrected chi connectivity index (χ3v) is 3.40. The van der Waals surface area contributed by atoms with Gasteiger partial charge in [-0.05, 0) is 31.4 Å². The number of ether oxygens (including phenoxy) is 1. The first-order chi connectivity index (χ1) is 9.70. The molecular weight excluding hydrogens is 327 g/mol. The molecule has 1 aliphatic rings. The summed E-state index contributed by atoms with van der Waals surface area (Å²) in [5.74, 6) is 0.229. The molecule has 8 heteroatoms. The number of carbonyl (C=O) groups excluding carboxylic acids is 1. The Kier molecular flexibility index (Phi) is 10.1. The molecule has 0 aromatic carbocycles. The van der Waals surface area contributed by atoms with E-state index in [0.29, 0.717) is 5.82 Å². The summed E-state index contributed by atoms with van der Waals surface area (Å²) in [5.41, 5.74) is 6.75. The zero-order valence-corrected chi connectivity index (χ0v) is 14.3. The van der Waals surface area contributed by atoms with Crippen LogP contribution >= 0.6 is 24.8 Å². The summed E-state index contributed by atoms with van der Waals surface area (Å²) in [6.07, 6.45) is 5.55. The van der Waals surface area contributed by atoms with Gasteiger partial charge in [0.1, 0.15) is 11.9 Å². The summed E-state index contributed by atoms with van der Waals surface area (Å²) >= 11 is 0. The van der Waals surface area contributed by atoms with E-state index in [0.717, 1.165) is 18.8 Å². The lowest BCUT2D eigenvalue weighted by Gasteiger charge is -2.28. The van der Waals surface area contributed by atoms with Crippen molar-refractivity contribution in [2.24, 2.45) is 5.73 Å². The molecule has 3 N–H and O–H groups in total. The van der Waals surface area contributed by atoms with Crippen molar-refractivity contribution in [1.82, 2.24) is 4.98 Å². The molecule has 1 amide bonds. The predicted molar refractivity (Wildman–Crippen MR) is 93.3 cm³/mol. The molecule has 1 aromatic rings. The number of nitrogens with two attached hydrogens (primary N) is 1. The van der Waals surface area contributed by atoms with Crippen LogP contribution in [0.15, 0.2) is 18.3 Å². The van der Waals surface area contributed by atoms with Crippen LogP contribution in [0.4, 0.5) is 11.5 Å². The summed E-state index contributed by atoms with van der Waals surface area (Å²) in [5, 5.41) is 2.68. The van der Waals surface area contributed by atoms with E-state index in [1.165, 1.54) is 26.4 Å². The number of aromatic nitrogens is 1. The van der Waals surface area contributed by atoms with Crippen molar-refractivity contribution in [2.75, 3.05) is 37.0 Å². The maximum absolute atomic E-state index is 11.7. The molecule has 1 unspecified atom stereocenters. The largest absolute Gasteiger partial charge is 0.383 e.